The van der Waals surface area contributed by atoms with Crippen molar-refractivity contribution in [3.63, 3.8) is 0 Å². The summed E-state index contributed by atoms with van der Waals surface area (Å²) in [6.07, 6.45) is 1.79. The van der Waals surface area contributed by atoms with E-state index in [1.807, 2.05) is 30.3 Å². The molecule has 0 aliphatic carbocycles. The van der Waals surface area contributed by atoms with Gasteiger partial charge in [-0.1, -0.05) is 30.3 Å². The molecule has 2 rings (SSSR count). The second kappa shape index (κ2) is 7.23. The van der Waals surface area contributed by atoms with E-state index in [4.69, 9.17) is 10.2 Å². The van der Waals surface area contributed by atoms with Gasteiger partial charge in [0.1, 0.15) is 0 Å². The van der Waals surface area contributed by atoms with E-state index in [-0.39, 0.29) is 19.1 Å². The maximum atomic E-state index is 11.9. The summed E-state index contributed by atoms with van der Waals surface area (Å²) in [5.74, 6) is -0.283. The first-order valence-electron chi connectivity index (χ1n) is 6.29. The van der Waals surface area contributed by atoms with Crippen molar-refractivity contribution in [1.82, 2.24) is 4.90 Å². The second-order valence-electron chi connectivity index (χ2n) is 4.16. The Labute approximate surface area is 121 Å². The quantitative estimate of drug-likeness (QED) is 0.790. The van der Waals surface area contributed by atoms with E-state index < -0.39 is 0 Å². The molecule has 106 valence electrons. The number of benzene rings is 1. The highest BCUT2D eigenvalue weighted by Crippen LogP contribution is 2.29. The highest BCUT2D eigenvalue weighted by molar-refractivity contribution is 8.18. The van der Waals surface area contributed by atoms with Crippen molar-refractivity contribution in [2.45, 2.75) is 0 Å². The third-order valence-corrected chi connectivity index (χ3v) is 3.76. The number of hydrogen-bond donors (Lipinski definition) is 2. The van der Waals surface area contributed by atoms with Crippen molar-refractivity contribution in [3.8, 4) is 0 Å². The van der Waals surface area contributed by atoms with E-state index in [1.165, 1.54) is 11.8 Å². The number of carbonyl (C=O) groups excluding carboxylic acids is 1. The van der Waals surface area contributed by atoms with Crippen LogP contribution in [0.2, 0.25) is 0 Å². The van der Waals surface area contributed by atoms with Gasteiger partial charge in [-0.05, 0) is 23.4 Å². The summed E-state index contributed by atoms with van der Waals surface area (Å²) in [6, 6.07) is 9.55. The highest BCUT2D eigenvalue weighted by Gasteiger charge is 2.25. The third-order valence-electron chi connectivity index (χ3n) is 2.72. The lowest BCUT2D eigenvalue weighted by Gasteiger charge is -2.20. The predicted octanol–water partition coefficient (Wildman–Crippen LogP) is 0.944. The van der Waals surface area contributed by atoms with Crippen molar-refractivity contribution in [2.24, 2.45) is 4.99 Å². The van der Waals surface area contributed by atoms with Crippen LogP contribution in [0.1, 0.15) is 5.56 Å². The first-order valence-corrected chi connectivity index (χ1v) is 7.10. The smallest absolute Gasteiger partial charge is 0.286 e. The van der Waals surface area contributed by atoms with Crippen molar-refractivity contribution < 1.29 is 15.0 Å². The summed E-state index contributed by atoms with van der Waals surface area (Å²) in [7, 11) is 0. The van der Waals surface area contributed by atoms with Gasteiger partial charge in [0, 0.05) is 13.1 Å². The first kappa shape index (κ1) is 14.8. The van der Waals surface area contributed by atoms with Gasteiger partial charge in [0.25, 0.3) is 5.91 Å². The number of aliphatic hydroxyl groups is 2. The van der Waals surface area contributed by atoms with Crippen LogP contribution in [0.25, 0.3) is 6.08 Å². The van der Waals surface area contributed by atoms with E-state index in [9.17, 15) is 4.79 Å². The number of aliphatic imine (C=N–C) groups is 1. The van der Waals surface area contributed by atoms with Crippen molar-refractivity contribution in [2.75, 3.05) is 26.3 Å². The maximum absolute atomic E-state index is 11.9. The number of hydrogen-bond acceptors (Lipinski definition) is 5. The van der Waals surface area contributed by atoms with E-state index >= 15 is 0 Å². The molecule has 1 aromatic rings. The topological polar surface area (TPSA) is 73.1 Å². The average Bonchev–Trinajstić information content (AvgIpc) is 2.81. The van der Waals surface area contributed by atoms with E-state index in [0.717, 1.165) is 5.56 Å². The SMILES string of the molecule is O=C1N=C(N(CCO)CCO)SC1=Cc1ccccc1. The minimum atomic E-state index is -0.283. The van der Waals surface area contributed by atoms with Crippen molar-refractivity contribution >= 4 is 28.9 Å². The molecule has 1 aliphatic rings. The zero-order chi connectivity index (χ0) is 14.4. The Morgan fingerprint density at radius 1 is 1.15 bits per heavy atom. The van der Waals surface area contributed by atoms with E-state index in [0.29, 0.717) is 23.2 Å². The molecule has 1 heterocycles. The Bertz CT molecular complexity index is 522. The minimum Gasteiger partial charge on any atom is -0.395 e. The van der Waals surface area contributed by atoms with Gasteiger partial charge in [-0.3, -0.25) is 4.79 Å². The van der Waals surface area contributed by atoms with Crippen LogP contribution in [-0.2, 0) is 4.79 Å². The summed E-state index contributed by atoms with van der Waals surface area (Å²) in [5, 5.41) is 18.5. The second-order valence-corrected chi connectivity index (χ2v) is 5.16. The van der Waals surface area contributed by atoms with Gasteiger partial charge in [-0.15, -0.1) is 0 Å². The molecular formula is C14H16N2O3S. The fraction of sp³-hybridized carbons (Fsp3) is 0.286. The van der Waals surface area contributed by atoms with Gasteiger partial charge in [0.05, 0.1) is 18.1 Å². The molecule has 0 saturated heterocycles. The number of rotatable bonds is 5. The Morgan fingerprint density at radius 2 is 1.80 bits per heavy atom. The average molecular weight is 292 g/mol. The zero-order valence-electron chi connectivity index (χ0n) is 10.9. The number of amidine groups is 1. The number of amides is 1. The molecule has 0 radical (unpaired) electrons. The van der Waals surface area contributed by atoms with Gasteiger partial charge >= 0.3 is 0 Å². The molecule has 0 fully saturated rings. The largest absolute Gasteiger partial charge is 0.395 e. The Morgan fingerprint density at radius 3 is 2.40 bits per heavy atom. The van der Waals surface area contributed by atoms with Gasteiger partial charge in [-0.25, -0.2) is 0 Å². The molecule has 0 bridgehead atoms. The predicted molar refractivity (Wildman–Crippen MR) is 80.2 cm³/mol. The van der Waals surface area contributed by atoms with Gasteiger partial charge in [-0.2, -0.15) is 4.99 Å². The van der Waals surface area contributed by atoms with Crippen LogP contribution in [0.15, 0.2) is 40.2 Å². The Balaban J connectivity index is 2.12. The van der Waals surface area contributed by atoms with E-state index in [2.05, 4.69) is 4.99 Å². The molecular weight excluding hydrogens is 276 g/mol. The number of aliphatic hydroxyl groups excluding tert-OH is 2. The lowest BCUT2D eigenvalue weighted by atomic mass is 10.2. The summed E-state index contributed by atoms with van der Waals surface area (Å²) in [5.41, 5.74) is 0.940. The summed E-state index contributed by atoms with van der Waals surface area (Å²) in [4.78, 5) is 18.1. The molecule has 5 nitrogen and oxygen atoms in total. The highest BCUT2D eigenvalue weighted by atomic mass is 32.2. The minimum absolute atomic E-state index is 0.0501. The molecule has 20 heavy (non-hydrogen) atoms. The molecule has 0 aromatic heterocycles. The van der Waals surface area contributed by atoms with Crippen molar-refractivity contribution in [1.29, 1.82) is 0 Å². The van der Waals surface area contributed by atoms with Crippen LogP contribution in [0.5, 0.6) is 0 Å². The Hall–Kier alpha value is -1.63. The summed E-state index contributed by atoms with van der Waals surface area (Å²) in [6.45, 7) is 0.591. The fourth-order valence-corrected chi connectivity index (χ4v) is 2.74. The molecule has 0 atom stereocenters. The molecule has 1 aromatic carbocycles. The van der Waals surface area contributed by atoms with Crippen molar-refractivity contribution in [3.05, 3.63) is 40.8 Å². The number of nitrogens with zero attached hydrogens (tertiary/aromatic N) is 2. The zero-order valence-corrected chi connectivity index (χ0v) is 11.7. The van der Waals surface area contributed by atoms with Crippen LogP contribution in [0.3, 0.4) is 0 Å². The van der Waals surface area contributed by atoms with E-state index in [1.54, 1.807) is 11.0 Å². The van der Waals surface area contributed by atoms with Crippen LogP contribution in [0, 0.1) is 0 Å². The van der Waals surface area contributed by atoms with Crippen LogP contribution in [-0.4, -0.2) is 52.5 Å². The molecule has 2 N–H and O–H groups in total. The number of thioether (sulfide) groups is 1. The fourth-order valence-electron chi connectivity index (χ4n) is 1.78. The summed E-state index contributed by atoms with van der Waals surface area (Å²) < 4.78 is 0. The van der Waals surface area contributed by atoms with Gasteiger partial charge in [0.15, 0.2) is 5.17 Å². The Kier molecular flexibility index (Phi) is 5.34. The van der Waals surface area contributed by atoms with Gasteiger partial charge in [0.2, 0.25) is 0 Å². The molecule has 0 spiro atoms. The monoisotopic (exact) mass is 292 g/mol. The van der Waals surface area contributed by atoms with Crippen LogP contribution in [0.4, 0.5) is 0 Å². The molecule has 0 saturated carbocycles. The third kappa shape index (κ3) is 3.69. The van der Waals surface area contributed by atoms with Crippen LogP contribution < -0.4 is 0 Å². The molecule has 1 aliphatic heterocycles. The lowest BCUT2D eigenvalue weighted by Crippen LogP contribution is -2.33. The first-order chi connectivity index (χ1) is 9.74. The molecule has 1 amide bonds. The molecule has 0 unspecified atom stereocenters. The number of carbonyl (C=O) groups is 1. The standard InChI is InChI=1S/C14H16N2O3S/c17-8-6-16(7-9-18)14-15-13(19)12(20-14)10-11-4-2-1-3-5-11/h1-5,10,17-18H,6-9H2. The lowest BCUT2D eigenvalue weighted by molar-refractivity contribution is -0.113. The normalized spacial score (nSPS) is 16.6. The van der Waals surface area contributed by atoms with Gasteiger partial charge < -0.3 is 15.1 Å². The summed E-state index contributed by atoms with van der Waals surface area (Å²) >= 11 is 1.27. The molecule has 6 heteroatoms. The van der Waals surface area contributed by atoms with Crippen LogP contribution >= 0.6 is 11.8 Å². The maximum Gasteiger partial charge on any atom is 0.286 e.